The van der Waals surface area contributed by atoms with E-state index in [0.29, 0.717) is 11.3 Å². The van der Waals surface area contributed by atoms with Gasteiger partial charge in [0.15, 0.2) is 11.6 Å². The standard InChI is InChI=1S/C27H33NO2/c29-24(26-10-16-4-17(11-26)6-18(5-16)12-26)22-2-1-3-28-23(22)25(30)27-13-19-7-20(14-27)9-21(8-19)15-27/h1-3,16-21H,4-15H2. The molecule has 158 valence electrons. The number of hydrogen-bond acceptors (Lipinski definition) is 3. The second-order valence-electron chi connectivity index (χ2n) is 12.5. The molecule has 0 spiro atoms. The van der Waals surface area contributed by atoms with Gasteiger partial charge in [0, 0.05) is 22.6 Å². The summed E-state index contributed by atoms with van der Waals surface area (Å²) >= 11 is 0. The average Bonchev–Trinajstić information content (AvgIpc) is 2.71. The molecule has 0 radical (unpaired) electrons. The predicted molar refractivity (Wildman–Crippen MR) is 114 cm³/mol. The number of nitrogens with zero attached hydrogens (tertiary/aromatic N) is 1. The van der Waals surface area contributed by atoms with E-state index < -0.39 is 0 Å². The second-order valence-corrected chi connectivity index (χ2v) is 12.5. The molecule has 30 heavy (non-hydrogen) atoms. The van der Waals surface area contributed by atoms with Crippen molar-refractivity contribution in [1.29, 1.82) is 0 Å². The summed E-state index contributed by atoms with van der Waals surface area (Å²) in [5.41, 5.74) is 0.772. The minimum absolute atomic E-state index is 0.200. The molecule has 0 aliphatic heterocycles. The van der Waals surface area contributed by atoms with Crippen LogP contribution in [-0.2, 0) is 0 Å². The highest BCUT2D eigenvalue weighted by molar-refractivity contribution is 6.11. The number of hydrogen-bond donors (Lipinski definition) is 0. The number of rotatable bonds is 4. The number of aromatic nitrogens is 1. The number of carbonyl (C=O) groups is 2. The highest BCUT2D eigenvalue weighted by Crippen LogP contribution is 2.62. The summed E-state index contributed by atoms with van der Waals surface area (Å²) in [6, 6.07) is 3.81. The van der Waals surface area contributed by atoms with Gasteiger partial charge in [-0.1, -0.05) is 0 Å². The van der Waals surface area contributed by atoms with Gasteiger partial charge in [-0.05, 0) is 125 Å². The minimum Gasteiger partial charge on any atom is -0.293 e. The van der Waals surface area contributed by atoms with Gasteiger partial charge in [-0.2, -0.15) is 0 Å². The third kappa shape index (κ3) is 2.47. The molecule has 0 amide bonds. The van der Waals surface area contributed by atoms with E-state index in [-0.39, 0.29) is 22.4 Å². The van der Waals surface area contributed by atoms with Gasteiger partial charge in [0.25, 0.3) is 0 Å². The van der Waals surface area contributed by atoms with Crippen molar-refractivity contribution in [1.82, 2.24) is 4.98 Å². The van der Waals surface area contributed by atoms with Crippen LogP contribution in [0.4, 0.5) is 0 Å². The Morgan fingerprint density at radius 3 is 1.50 bits per heavy atom. The molecule has 1 heterocycles. The third-order valence-electron chi connectivity index (χ3n) is 10.3. The maximum absolute atomic E-state index is 14.1. The van der Waals surface area contributed by atoms with Crippen molar-refractivity contribution in [3.8, 4) is 0 Å². The molecular weight excluding hydrogens is 370 g/mol. The Kier molecular flexibility index (Phi) is 3.65. The molecular formula is C27H33NO2. The lowest BCUT2D eigenvalue weighted by Crippen LogP contribution is -2.51. The smallest absolute Gasteiger partial charge is 0.188 e. The van der Waals surface area contributed by atoms with Crippen LogP contribution >= 0.6 is 0 Å². The van der Waals surface area contributed by atoms with Gasteiger partial charge in [0.2, 0.25) is 0 Å². The minimum atomic E-state index is -0.223. The van der Waals surface area contributed by atoms with E-state index in [1.54, 1.807) is 6.20 Å². The molecule has 1 aromatic rings. The van der Waals surface area contributed by atoms with Crippen LogP contribution in [-0.4, -0.2) is 16.6 Å². The van der Waals surface area contributed by atoms with Gasteiger partial charge in [-0.25, -0.2) is 0 Å². The Bertz CT molecular complexity index is 785. The van der Waals surface area contributed by atoms with E-state index in [9.17, 15) is 9.59 Å². The van der Waals surface area contributed by atoms with E-state index in [0.717, 1.165) is 74.0 Å². The van der Waals surface area contributed by atoms with E-state index in [1.807, 2.05) is 12.1 Å². The van der Waals surface area contributed by atoms with Crippen molar-refractivity contribution in [3.63, 3.8) is 0 Å². The SMILES string of the molecule is O=C(c1cccnc1C(=O)C12CC3CC(CC(C3)C1)C2)C12CC3CC(CC(C3)C1)C2. The lowest BCUT2D eigenvalue weighted by atomic mass is 9.47. The predicted octanol–water partition coefficient (Wildman–Crippen LogP) is 5.88. The molecule has 1 aromatic heterocycles. The molecule has 0 aromatic carbocycles. The second kappa shape index (κ2) is 6.04. The zero-order chi connectivity index (χ0) is 20.1. The van der Waals surface area contributed by atoms with Crippen molar-refractivity contribution in [2.45, 2.75) is 77.0 Å². The van der Waals surface area contributed by atoms with Crippen LogP contribution in [0.2, 0.25) is 0 Å². The molecule has 8 aliphatic carbocycles. The molecule has 0 atom stereocenters. The first-order chi connectivity index (χ1) is 14.5. The fourth-order valence-corrected chi connectivity index (χ4v) is 10.1. The van der Waals surface area contributed by atoms with Crippen molar-refractivity contribution < 1.29 is 9.59 Å². The van der Waals surface area contributed by atoms with E-state index in [2.05, 4.69) is 4.98 Å². The molecule has 0 saturated heterocycles. The zero-order valence-electron chi connectivity index (χ0n) is 17.9. The van der Waals surface area contributed by atoms with Gasteiger partial charge in [0.1, 0.15) is 5.69 Å². The monoisotopic (exact) mass is 403 g/mol. The van der Waals surface area contributed by atoms with Crippen LogP contribution in [0.25, 0.3) is 0 Å². The van der Waals surface area contributed by atoms with Gasteiger partial charge < -0.3 is 0 Å². The highest BCUT2D eigenvalue weighted by Gasteiger charge is 2.57. The number of pyridine rings is 1. The molecule has 8 saturated carbocycles. The summed E-state index contributed by atoms with van der Waals surface area (Å²) in [6.45, 7) is 0. The van der Waals surface area contributed by atoms with E-state index in [4.69, 9.17) is 0 Å². The molecule has 0 N–H and O–H groups in total. The van der Waals surface area contributed by atoms with Crippen molar-refractivity contribution >= 4 is 11.6 Å². The third-order valence-corrected chi connectivity index (χ3v) is 10.3. The number of Topliss-reactive ketones (excluding diaryl/α,β-unsaturated/α-hetero) is 2. The topological polar surface area (TPSA) is 47.0 Å². The van der Waals surface area contributed by atoms with E-state index >= 15 is 0 Å². The number of carbonyl (C=O) groups excluding carboxylic acids is 2. The normalized spacial score (nSPS) is 47.6. The van der Waals surface area contributed by atoms with E-state index in [1.165, 1.54) is 38.5 Å². The average molecular weight is 404 g/mol. The van der Waals surface area contributed by atoms with Gasteiger partial charge in [-0.15, -0.1) is 0 Å². The molecule has 8 fully saturated rings. The molecule has 8 bridgehead atoms. The summed E-state index contributed by atoms with van der Waals surface area (Å²) in [5, 5.41) is 0. The molecule has 3 nitrogen and oxygen atoms in total. The lowest BCUT2D eigenvalue weighted by Gasteiger charge is -2.56. The van der Waals surface area contributed by atoms with Crippen molar-refractivity contribution in [2.75, 3.05) is 0 Å². The highest BCUT2D eigenvalue weighted by atomic mass is 16.1. The number of ketones is 2. The van der Waals surface area contributed by atoms with Crippen molar-refractivity contribution in [2.24, 2.45) is 46.3 Å². The molecule has 9 rings (SSSR count). The molecule has 3 heteroatoms. The lowest BCUT2D eigenvalue weighted by molar-refractivity contribution is -0.0370. The van der Waals surface area contributed by atoms with Crippen LogP contribution in [0.1, 0.15) is 97.9 Å². The quantitative estimate of drug-likeness (QED) is 0.590. The fourth-order valence-electron chi connectivity index (χ4n) is 10.1. The summed E-state index contributed by atoms with van der Waals surface area (Å²) < 4.78 is 0. The molecule has 8 aliphatic rings. The van der Waals surface area contributed by atoms with Gasteiger partial charge in [-0.3, -0.25) is 14.6 Å². The first kappa shape index (κ1) is 18.1. The first-order valence-electron chi connectivity index (χ1n) is 12.6. The maximum atomic E-state index is 14.1. The summed E-state index contributed by atoms with van der Waals surface area (Å²) in [4.78, 5) is 32.7. The Labute approximate surface area is 179 Å². The fraction of sp³-hybridized carbons (Fsp3) is 0.741. The Morgan fingerprint density at radius 1 is 0.667 bits per heavy atom. The maximum Gasteiger partial charge on any atom is 0.188 e. The van der Waals surface area contributed by atoms with Gasteiger partial charge >= 0.3 is 0 Å². The Balaban J connectivity index is 1.25. The van der Waals surface area contributed by atoms with Gasteiger partial charge in [0.05, 0.1) is 0 Å². The van der Waals surface area contributed by atoms with Crippen LogP contribution in [0.5, 0.6) is 0 Å². The zero-order valence-corrected chi connectivity index (χ0v) is 17.9. The van der Waals surface area contributed by atoms with Crippen LogP contribution < -0.4 is 0 Å². The summed E-state index contributed by atoms with van der Waals surface area (Å²) in [5.74, 6) is 4.87. The van der Waals surface area contributed by atoms with Crippen molar-refractivity contribution in [3.05, 3.63) is 29.6 Å². The first-order valence-corrected chi connectivity index (χ1v) is 12.6. The molecule has 0 unspecified atom stereocenters. The largest absolute Gasteiger partial charge is 0.293 e. The van der Waals surface area contributed by atoms with Crippen LogP contribution in [0, 0.1) is 46.3 Å². The summed E-state index contributed by atoms with van der Waals surface area (Å²) in [6.07, 6.45) is 16.0. The van der Waals surface area contributed by atoms with Crippen LogP contribution in [0.3, 0.4) is 0 Å². The summed E-state index contributed by atoms with van der Waals surface area (Å²) in [7, 11) is 0. The Hall–Kier alpha value is -1.51. The Morgan fingerprint density at radius 2 is 1.07 bits per heavy atom. The van der Waals surface area contributed by atoms with Crippen LogP contribution in [0.15, 0.2) is 18.3 Å².